The molecule has 0 aliphatic heterocycles. The van der Waals surface area contributed by atoms with Crippen LogP contribution < -0.4 is 14.8 Å². The highest BCUT2D eigenvalue weighted by Crippen LogP contribution is 2.19. The highest BCUT2D eigenvalue weighted by Gasteiger charge is 2.22. The van der Waals surface area contributed by atoms with E-state index in [1.165, 1.54) is 32.2 Å². The molecule has 0 aromatic heterocycles. The van der Waals surface area contributed by atoms with E-state index in [1.807, 2.05) is 0 Å². The fraction of sp³-hybridized carbons (Fsp3) is 0.211. The first-order valence-electron chi connectivity index (χ1n) is 7.84. The number of methoxy groups -OCH3 is 1. The summed E-state index contributed by atoms with van der Waals surface area (Å²) in [5.41, 5.74) is 0.853. The third kappa shape index (κ3) is 5.07. The molecule has 0 fully saturated rings. The number of nitrogens with one attached hydrogen (secondary N) is 1. The second kappa shape index (κ2) is 8.66. The molecule has 7 heteroatoms. The number of esters is 1. The van der Waals surface area contributed by atoms with Crippen LogP contribution in [0.3, 0.4) is 0 Å². The van der Waals surface area contributed by atoms with Crippen molar-refractivity contribution < 1.29 is 29.0 Å². The first-order valence-corrected chi connectivity index (χ1v) is 7.84. The Kier molecular flexibility index (Phi) is 6.32. The molecule has 0 heterocycles. The zero-order valence-corrected chi connectivity index (χ0v) is 14.4. The van der Waals surface area contributed by atoms with Gasteiger partial charge in [-0.2, -0.15) is 0 Å². The molecule has 0 bridgehead atoms. The lowest BCUT2D eigenvalue weighted by Gasteiger charge is -2.16. The van der Waals surface area contributed by atoms with Crippen molar-refractivity contribution in [3.8, 4) is 11.5 Å². The van der Waals surface area contributed by atoms with Gasteiger partial charge in [0.25, 0.3) is 5.91 Å². The molecule has 0 saturated heterocycles. The fourth-order valence-corrected chi connectivity index (χ4v) is 2.40. The molecule has 1 amide bonds. The molecule has 0 aliphatic carbocycles. The minimum Gasteiger partial charge on any atom is -0.496 e. The number of hydrogen-bond donors (Lipinski definition) is 2. The van der Waals surface area contributed by atoms with Gasteiger partial charge in [0, 0.05) is 18.9 Å². The van der Waals surface area contributed by atoms with Gasteiger partial charge in [-0.05, 0) is 29.8 Å². The summed E-state index contributed by atoms with van der Waals surface area (Å²) in [4.78, 5) is 35.0. The molecule has 2 aromatic rings. The van der Waals surface area contributed by atoms with E-state index in [-0.39, 0.29) is 17.7 Å². The summed E-state index contributed by atoms with van der Waals surface area (Å²) in [5.74, 6) is -1.50. The zero-order chi connectivity index (χ0) is 19.1. The molecule has 0 saturated carbocycles. The SMILES string of the molecule is COc1ccccc1C[C@@H](NC(=O)c1cccc(OC(C)=O)c1)C(=O)O. The number of amides is 1. The smallest absolute Gasteiger partial charge is 0.326 e. The maximum Gasteiger partial charge on any atom is 0.326 e. The van der Waals surface area contributed by atoms with Crippen molar-refractivity contribution in [2.24, 2.45) is 0 Å². The van der Waals surface area contributed by atoms with Gasteiger partial charge in [0.2, 0.25) is 0 Å². The van der Waals surface area contributed by atoms with Crippen LogP contribution in [0.15, 0.2) is 48.5 Å². The summed E-state index contributed by atoms with van der Waals surface area (Å²) in [6.07, 6.45) is 0.0642. The second-order valence-corrected chi connectivity index (χ2v) is 5.50. The maximum atomic E-state index is 12.4. The van der Waals surface area contributed by atoms with Crippen molar-refractivity contribution >= 4 is 17.8 Å². The van der Waals surface area contributed by atoms with Gasteiger partial charge >= 0.3 is 11.9 Å². The van der Waals surface area contributed by atoms with Crippen LogP contribution in [0, 0.1) is 0 Å². The predicted octanol–water partition coefficient (Wildman–Crippen LogP) is 2.05. The minimum atomic E-state index is -1.17. The quantitative estimate of drug-likeness (QED) is 0.581. The lowest BCUT2D eigenvalue weighted by atomic mass is 10.0. The first-order chi connectivity index (χ1) is 12.4. The van der Waals surface area contributed by atoms with E-state index in [1.54, 1.807) is 30.3 Å². The van der Waals surface area contributed by atoms with Gasteiger partial charge in [-0.1, -0.05) is 24.3 Å². The average molecular weight is 357 g/mol. The van der Waals surface area contributed by atoms with Crippen molar-refractivity contribution in [2.75, 3.05) is 7.11 Å². The van der Waals surface area contributed by atoms with Crippen LogP contribution in [-0.2, 0) is 16.0 Å². The largest absolute Gasteiger partial charge is 0.496 e. The number of carbonyl (C=O) groups excluding carboxylic acids is 2. The van der Waals surface area contributed by atoms with Gasteiger partial charge in [0.15, 0.2) is 0 Å². The molecule has 2 aromatic carbocycles. The standard InChI is InChI=1S/C19H19NO6/c1-12(21)26-15-8-5-7-14(10-15)18(22)20-16(19(23)24)11-13-6-3-4-9-17(13)25-2/h3-10,16H,11H2,1-2H3,(H,20,22)(H,23,24)/t16-/m1/s1. The van der Waals surface area contributed by atoms with E-state index < -0.39 is 23.9 Å². The number of ether oxygens (including phenoxy) is 2. The highest BCUT2D eigenvalue weighted by molar-refractivity contribution is 5.97. The lowest BCUT2D eigenvalue weighted by molar-refractivity contribution is -0.139. The minimum absolute atomic E-state index is 0.0642. The van der Waals surface area contributed by atoms with Gasteiger partial charge in [-0.3, -0.25) is 9.59 Å². The number of para-hydroxylation sites is 1. The summed E-state index contributed by atoms with van der Waals surface area (Å²) < 4.78 is 10.1. The Labute approximate surface area is 150 Å². The highest BCUT2D eigenvalue weighted by atomic mass is 16.5. The molecule has 2 N–H and O–H groups in total. The summed E-state index contributed by atoms with van der Waals surface area (Å²) in [7, 11) is 1.49. The topological polar surface area (TPSA) is 102 Å². The molecule has 0 radical (unpaired) electrons. The molecular formula is C19H19NO6. The van der Waals surface area contributed by atoms with Crippen LogP contribution >= 0.6 is 0 Å². The molecule has 136 valence electrons. The zero-order valence-electron chi connectivity index (χ0n) is 14.4. The lowest BCUT2D eigenvalue weighted by Crippen LogP contribution is -2.42. The summed E-state index contributed by atoms with van der Waals surface area (Å²) in [6, 6.07) is 11.8. The molecule has 1 atom stereocenters. The number of hydrogen-bond acceptors (Lipinski definition) is 5. The monoisotopic (exact) mass is 357 g/mol. The van der Waals surface area contributed by atoms with Crippen LogP contribution in [0.25, 0.3) is 0 Å². The Balaban J connectivity index is 2.16. The number of benzene rings is 2. The van der Waals surface area contributed by atoms with Gasteiger partial charge in [-0.25, -0.2) is 4.79 Å². The third-order valence-electron chi connectivity index (χ3n) is 3.58. The van der Waals surface area contributed by atoms with E-state index in [2.05, 4.69) is 5.32 Å². The normalized spacial score (nSPS) is 11.3. The molecule has 0 unspecified atom stereocenters. The summed E-state index contributed by atoms with van der Waals surface area (Å²) in [5, 5.41) is 11.9. The van der Waals surface area contributed by atoms with Crippen LogP contribution in [0.1, 0.15) is 22.8 Å². The van der Waals surface area contributed by atoms with Crippen LogP contribution in [-0.4, -0.2) is 36.1 Å². The van der Waals surface area contributed by atoms with Gasteiger partial charge < -0.3 is 19.9 Å². The Morgan fingerprint density at radius 3 is 2.50 bits per heavy atom. The Bertz CT molecular complexity index is 817. The average Bonchev–Trinajstić information content (AvgIpc) is 2.61. The first kappa shape index (κ1) is 19.0. The Morgan fingerprint density at radius 2 is 1.85 bits per heavy atom. The van der Waals surface area contributed by atoms with E-state index in [0.717, 1.165) is 0 Å². The van der Waals surface area contributed by atoms with Crippen molar-refractivity contribution in [3.05, 3.63) is 59.7 Å². The summed E-state index contributed by atoms with van der Waals surface area (Å²) in [6.45, 7) is 1.25. The van der Waals surface area contributed by atoms with Crippen molar-refractivity contribution in [1.82, 2.24) is 5.32 Å². The van der Waals surface area contributed by atoms with Crippen molar-refractivity contribution in [3.63, 3.8) is 0 Å². The van der Waals surface area contributed by atoms with E-state index in [9.17, 15) is 19.5 Å². The van der Waals surface area contributed by atoms with Gasteiger partial charge in [0.1, 0.15) is 17.5 Å². The molecule has 0 spiro atoms. The third-order valence-corrected chi connectivity index (χ3v) is 3.58. The van der Waals surface area contributed by atoms with Crippen LogP contribution in [0.5, 0.6) is 11.5 Å². The van der Waals surface area contributed by atoms with Crippen LogP contribution in [0.4, 0.5) is 0 Å². The van der Waals surface area contributed by atoms with Gasteiger partial charge in [0.05, 0.1) is 7.11 Å². The number of carboxylic acids is 1. The Hall–Kier alpha value is -3.35. The van der Waals surface area contributed by atoms with Gasteiger partial charge in [-0.15, -0.1) is 0 Å². The molecule has 26 heavy (non-hydrogen) atoms. The van der Waals surface area contributed by atoms with E-state index in [4.69, 9.17) is 9.47 Å². The summed E-state index contributed by atoms with van der Waals surface area (Å²) >= 11 is 0. The predicted molar refractivity (Wildman–Crippen MR) is 93.3 cm³/mol. The number of carboxylic acid groups (broad SMARTS) is 1. The van der Waals surface area contributed by atoms with Crippen molar-refractivity contribution in [1.29, 1.82) is 0 Å². The van der Waals surface area contributed by atoms with Crippen LogP contribution in [0.2, 0.25) is 0 Å². The molecular weight excluding hydrogens is 338 g/mol. The molecule has 0 aliphatic rings. The van der Waals surface area contributed by atoms with E-state index in [0.29, 0.717) is 11.3 Å². The van der Waals surface area contributed by atoms with Crippen molar-refractivity contribution in [2.45, 2.75) is 19.4 Å². The molecule has 7 nitrogen and oxygen atoms in total. The number of aliphatic carboxylic acids is 1. The maximum absolute atomic E-state index is 12.4. The fourth-order valence-electron chi connectivity index (χ4n) is 2.40. The Morgan fingerprint density at radius 1 is 1.12 bits per heavy atom. The second-order valence-electron chi connectivity index (χ2n) is 5.50. The number of carbonyl (C=O) groups is 3. The van der Waals surface area contributed by atoms with E-state index >= 15 is 0 Å². The number of rotatable bonds is 7. The molecule has 2 rings (SSSR count).